The third-order valence-electron chi connectivity index (χ3n) is 3.96. The van der Waals surface area contributed by atoms with E-state index in [0.717, 1.165) is 12.3 Å². The van der Waals surface area contributed by atoms with Crippen molar-refractivity contribution < 1.29 is 18.3 Å². The van der Waals surface area contributed by atoms with Crippen LogP contribution in [0.15, 0.2) is 24.7 Å². The van der Waals surface area contributed by atoms with Crippen LogP contribution in [0.5, 0.6) is 0 Å². The molecule has 0 unspecified atom stereocenters. The summed E-state index contributed by atoms with van der Waals surface area (Å²) in [7, 11) is 0. The predicted molar refractivity (Wildman–Crippen MR) is 91.6 cm³/mol. The van der Waals surface area contributed by atoms with Gasteiger partial charge >= 0.3 is 6.18 Å². The van der Waals surface area contributed by atoms with Gasteiger partial charge in [0.1, 0.15) is 11.7 Å². The zero-order chi connectivity index (χ0) is 19.6. The molecule has 0 fully saturated rings. The van der Waals surface area contributed by atoms with E-state index in [9.17, 15) is 18.4 Å². The molecule has 0 aliphatic rings. The molecule has 7 nitrogen and oxygen atoms in total. The van der Waals surface area contributed by atoms with Crippen molar-refractivity contribution in [2.24, 2.45) is 0 Å². The quantitative estimate of drug-likeness (QED) is 0.631. The Labute approximate surface area is 151 Å². The Morgan fingerprint density at radius 2 is 2.11 bits per heavy atom. The smallest absolute Gasteiger partial charge is 0.396 e. The lowest BCUT2D eigenvalue weighted by Gasteiger charge is -2.13. The maximum atomic E-state index is 13.0. The van der Waals surface area contributed by atoms with E-state index < -0.39 is 11.7 Å². The highest BCUT2D eigenvalue weighted by Gasteiger charge is 2.31. The number of halogens is 3. The van der Waals surface area contributed by atoms with Crippen LogP contribution in [0, 0.1) is 11.3 Å². The van der Waals surface area contributed by atoms with Gasteiger partial charge in [-0.1, -0.05) is 0 Å². The first-order chi connectivity index (χ1) is 12.8. The molecule has 1 atom stereocenters. The molecule has 3 heterocycles. The second kappa shape index (κ2) is 7.20. The number of hydrogen-bond acceptors (Lipinski definition) is 6. The first kappa shape index (κ1) is 18.6. The Bertz CT molecular complexity index is 1010. The third kappa shape index (κ3) is 3.83. The van der Waals surface area contributed by atoms with Crippen molar-refractivity contribution in [3.8, 4) is 17.3 Å². The van der Waals surface area contributed by atoms with Gasteiger partial charge in [0.25, 0.3) is 0 Å². The number of aromatic amines is 1. The number of H-pyrrole nitrogens is 1. The topological polar surface area (TPSA) is 111 Å². The highest BCUT2D eigenvalue weighted by Crippen LogP contribution is 2.34. The lowest BCUT2D eigenvalue weighted by atomic mass is 10.1. The molecular formula is C17H15F3N6O. The van der Waals surface area contributed by atoms with E-state index in [-0.39, 0.29) is 40.9 Å². The van der Waals surface area contributed by atoms with Gasteiger partial charge in [-0.25, -0.2) is 15.0 Å². The van der Waals surface area contributed by atoms with E-state index in [2.05, 4.69) is 25.3 Å². The number of pyridine rings is 1. The van der Waals surface area contributed by atoms with E-state index in [0.29, 0.717) is 12.0 Å². The van der Waals surface area contributed by atoms with Crippen LogP contribution in [0.2, 0.25) is 0 Å². The van der Waals surface area contributed by atoms with Gasteiger partial charge in [0, 0.05) is 36.0 Å². The van der Waals surface area contributed by atoms with Crippen LogP contribution in [-0.2, 0) is 6.18 Å². The largest absolute Gasteiger partial charge is 0.417 e. The highest BCUT2D eigenvalue weighted by molar-refractivity contribution is 5.94. The molecule has 140 valence electrons. The molecule has 0 bridgehead atoms. The summed E-state index contributed by atoms with van der Waals surface area (Å²) in [5, 5.41) is 21.5. The van der Waals surface area contributed by atoms with Crippen molar-refractivity contribution in [2.45, 2.75) is 25.6 Å². The van der Waals surface area contributed by atoms with Crippen LogP contribution in [0.3, 0.4) is 0 Å². The summed E-state index contributed by atoms with van der Waals surface area (Å²) in [6.07, 6.45) is -0.563. The van der Waals surface area contributed by atoms with Gasteiger partial charge in [-0.15, -0.1) is 0 Å². The Morgan fingerprint density at radius 3 is 2.78 bits per heavy atom. The van der Waals surface area contributed by atoms with Crippen LogP contribution in [0.1, 0.15) is 24.5 Å². The van der Waals surface area contributed by atoms with Crippen LogP contribution in [0.25, 0.3) is 22.3 Å². The summed E-state index contributed by atoms with van der Waals surface area (Å²) in [5.74, 6) is 0.208. The summed E-state index contributed by atoms with van der Waals surface area (Å²) < 4.78 is 39.1. The number of nitrogens with one attached hydrogen (secondary N) is 2. The fraction of sp³-hybridized carbons (Fsp3) is 0.294. The Balaban J connectivity index is 2.11. The minimum Gasteiger partial charge on any atom is -0.396 e. The van der Waals surface area contributed by atoms with Crippen molar-refractivity contribution in [3.05, 3.63) is 35.8 Å². The molecule has 3 N–H and O–H groups in total. The maximum absolute atomic E-state index is 13.0. The summed E-state index contributed by atoms with van der Waals surface area (Å²) >= 11 is 0. The molecule has 0 spiro atoms. The number of nitrogens with zero attached hydrogens (tertiary/aromatic N) is 4. The minimum absolute atomic E-state index is 0.0222. The van der Waals surface area contributed by atoms with E-state index in [1.54, 1.807) is 0 Å². The number of aliphatic hydroxyl groups is 1. The number of rotatable bonds is 5. The minimum atomic E-state index is -4.54. The van der Waals surface area contributed by atoms with Gasteiger partial charge in [0.05, 0.1) is 23.0 Å². The number of aliphatic hydroxyl groups excluding tert-OH is 1. The molecule has 10 heteroatoms. The Hall–Kier alpha value is -3.19. The van der Waals surface area contributed by atoms with Gasteiger partial charge in [-0.05, 0) is 19.4 Å². The molecule has 0 radical (unpaired) electrons. The fourth-order valence-corrected chi connectivity index (χ4v) is 2.58. The number of nitriles is 1. The Kier molecular flexibility index (Phi) is 4.96. The number of hydrogen-bond donors (Lipinski definition) is 3. The molecular weight excluding hydrogens is 361 g/mol. The monoisotopic (exact) mass is 376 g/mol. The average Bonchev–Trinajstić information content (AvgIpc) is 3.04. The van der Waals surface area contributed by atoms with E-state index in [4.69, 9.17) is 5.11 Å². The van der Waals surface area contributed by atoms with E-state index in [1.165, 1.54) is 12.4 Å². The number of fused-ring (bicyclic) bond motifs is 1. The second-order valence-electron chi connectivity index (χ2n) is 5.95. The predicted octanol–water partition coefficient (Wildman–Crippen LogP) is 3.09. The van der Waals surface area contributed by atoms with E-state index >= 15 is 0 Å². The first-order valence-corrected chi connectivity index (χ1v) is 8.02. The van der Waals surface area contributed by atoms with Gasteiger partial charge < -0.3 is 15.4 Å². The average molecular weight is 376 g/mol. The van der Waals surface area contributed by atoms with Gasteiger partial charge in [-0.3, -0.25) is 0 Å². The molecule has 0 saturated heterocycles. The van der Waals surface area contributed by atoms with E-state index in [1.807, 2.05) is 13.0 Å². The standard InChI is InChI=1S/C17H15F3N6O/c1-9(2-3-27)25-16-24-6-10(5-21)14(26-16)13-8-23-15-12(13)4-11(7-22-15)17(18,19)20/h4,6-9,27H,2-3H2,1H3,(H,22,23)(H,24,25,26)/t9-/m1/s1. The van der Waals surface area contributed by atoms with Gasteiger partial charge in [0.15, 0.2) is 0 Å². The molecule has 0 amide bonds. The number of alkyl halides is 3. The summed E-state index contributed by atoms with van der Waals surface area (Å²) in [4.78, 5) is 14.9. The van der Waals surface area contributed by atoms with Crippen molar-refractivity contribution in [2.75, 3.05) is 11.9 Å². The summed E-state index contributed by atoms with van der Waals surface area (Å²) in [5.41, 5.74) is -0.00496. The lowest BCUT2D eigenvalue weighted by molar-refractivity contribution is -0.137. The fourth-order valence-electron chi connectivity index (χ4n) is 2.58. The van der Waals surface area contributed by atoms with Crippen LogP contribution >= 0.6 is 0 Å². The SMILES string of the molecule is C[C@H](CCO)Nc1ncc(C#N)c(-c2c[nH]c3ncc(C(F)(F)F)cc23)n1. The summed E-state index contributed by atoms with van der Waals surface area (Å²) in [6.45, 7) is 1.80. The molecule has 0 aliphatic carbocycles. The molecule has 3 rings (SSSR count). The second-order valence-corrected chi connectivity index (χ2v) is 5.95. The van der Waals surface area contributed by atoms with Gasteiger partial charge in [0.2, 0.25) is 5.95 Å². The van der Waals surface area contributed by atoms with Gasteiger partial charge in [-0.2, -0.15) is 18.4 Å². The Morgan fingerprint density at radius 1 is 1.33 bits per heavy atom. The third-order valence-corrected chi connectivity index (χ3v) is 3.96. The van der Waals surface area contributed by atoms with Crippen molar-refractivity contribution >= 4 is 17.0 Å². The highest BCUT2D eigenvalue weighted by atomic mass is 19.4. The van der Waals surface area contributed by atoms with Crippen LogP contribution in [-0.4, -0.2) is 37.7 Å². The van der Waals surface area contributed by atoms with Crippen molar-refractivity contribution in [1.29, 1.82) is 5.26 Å². The van der Waals surface area contributed by atoms with Crippen molar-refractivity contribution in [3.63, 3.8) is 0 Å². The molecule has 27 heavy (non-hydrogen) atoms. The lowest BCUT2D eigenvalue weighted by Crippen LogP contribution is -2.18. The van der Waals surface area contributed by atoms with Crippen molar-refractivity contribution in [1.82, 2.24) is 19.9 Å². The normalized spacial score (nSPS) is 12.7. The molecule has 3 aromatic heterocycles. The molecule has 0 aromatic carbocycles. The molecule has 0 aliphatic heterocycles. The molecule has 0 saturated carbocycles. The zero-order valence-corrected chi connectivity index (χ0v) is 14.2. The summed E-state index contributed by atoms with van der Waals surface area (Å²) in [6, 6.07) is 2.79. The number of anilines is 1. The first-order valence-electron chi connectivity index (χ1n) is 8.02. The molecule has 3 aromatic rings. The van der Waals surface area contributed by atoms with Crippen LogP contribution < -0.4 is 5.32 Å². The van der Waals surface area contributed by atoms with Crippen LogP contribution in [0.4, 0.5) is 19.1 Å². The zero-order valence-electron chi connectivity index (χ0n) is 14.2. The number of aromatic nitrogens is 4. The maximum Gasteiger partial charge on any atom is 0.417 e.